The fraction of sp³-hybridized carbons (Fsp3) is 0.500. The monoisotopic (exact) mass is 249 g/mol. The summed E-state index contributed by atoms with van der Waals surface area (Å²) in [7, 11) is 1.39. The Morgan fingerprint density at radius 2 is 1.94 bits per heavy atom. The molecule has 0 aromatic heterocycles. The van der Waals surface area contributed by atoms with Crippen LogP contribution in [0.2, 0.25) is 0 Å². The van der Waals surface area contributed by atoms with E-state index in [0.717, 1.165) is 39.0 Å². The molecule has 4 heteroatoms. The zero-order valence-electron chi connectivity index (χ0n) is 10.7. The molecule has 0 unspecified atom stereocenters. The van der Waals surface area contributed by atoms with Crippen LogP contribution in [0.5, 0.6) is 0 Å². The summed E-state index contributed by atoms with van der Waals surface area (Å²) in [6.07, 6.45) is 3.19. The third kappa shape index (κ3) is 4.13. The molecule has 1 aliphatic rings. The first kappa shape index (κ1) is 13.1. The zero-order valence-corrected chi connectivity index (χ0v) is 10.7. The molecule has 0 bridgehead atoms. The van der Waals surface area contributed by atoms with Crippen LogP contribution in [0.25, 0.3) is 0 Å². The zero-order chi connectivity index (χ0) is 12.8. The van der Waals surface area contributed by atoms with Gasteiger partial charge in [-0.15, -0.1) is 0 Å². The van der Waals surface area contributed by atoms with Crippen molar-refractivity contribution in [1.29, 1.82) is 0 Å². The van der Waals surface area contributed by atoms with Crippen LogP contribution in [-0.2, 0) is 16.0 Å². The average molecular weight is 249 g/mol. The summed E-state index contributed by atoms with van der Waals surface area (Å²) in [4.78, 5) is 16.7. The van der Waals surface area contributed by atoms with Gasteiger partial charge in [-0.05, 0) is 37.0 Å². The molecule has 0 spiro atoms. The lowest BCUT2D eigenvalue weighted by Crippen LogP contribution is -2.02. The Morgan fingerprint density at radius 3 is 2.56 bits per heavy atom. The van der Waals surface area contributed by atoms with E-state index in [0.29, 0.717) is 5.56 Å². The maximum atomic E-state index is 11.3. The fourth-order valence-electron chi connectivity index (χ4n) is 1.72. The number of ether oxygens (including phenoxy) is 1. The summed E-state index contributed by atoms with van der Waals surface area (Å²) >= 11 is 0. The lowest BCUT2D eigenvalue weighted by Gasteiger charge is -2.04. The SMILES string of the molecule is COC(=O)c1ccc(CCCCON2CC2)cc1. The van der Waals surface area contributed by atoms with Gasteiger partial charge in [-0.1, -0.05) is 12.1 Å². The largest absolute Gasteiger partial charge is 0.465 e. The summed E-state index contributed by atoms with van der Waals surface area (Å²) in [5.74, 6) is -0.284. The minimum atomic E-state index is -0.284. The normalized spacial score (nSPS) is 14.5. The van der Waals surface area contributed by atoms with E-state index >= 15 is 0 Å². The number of carbonyl (C=O) groups is 1. The Kier molecular flexibility index (Phi) is 4.73. The number of hydrogen-bond acceptors (Lipinski definition) is 4. The van der Waals surface area contributed by atoms with Gasteiger partial charge in [-0.3, -0.25) is 4.84 Å². The number of aryl methyl sites for hydroxylation is 1. The third-order valence-electron chi connectivity index (χ3n) is 2.91. The second kappa shape index (κ2) is 6.52. The number of benzene rings is 1. The molecule has 4 nitrogen and oxygen atoms in total. The maximum Gasteiger partial charge on any atom is 0.337 e. The smallest absolute Gasteiger partial charge is 0.337 e. The Hall–Kier alpha value is -1.39. The van der Waals surface area contributed by atoms with E-state index in [1.54, 1.807) is 0 Å². The van der Waals surface area contributed by atoms with Gasteiger partial charge in [0.05, 0.1) is 19.3 Å². The van der Waals surface area contributed by atoms with E-state index in [4.69, 9.17) is 4.84 Å². The van der Waals surface area contributed by atoms with Gasteiger partial charge in [0, 0.05) is 13.1 Å². The third-order valence-corrected chi connectivity index (χ3v) is 2.91. The van der Waals surface area contributed by atoms with E-state index in [1.165, 1.54) is 12.7 Å². The van der Waals surface area contributed by atoms with Crippen molar-refractivity contribution in [1.82, 2.24) is 5.06 Å². The predicted molar refractivity (Wildman–Crippen MR) is 68.2 cm³/mol. The lowest BCUT2D eigenvalue weighted by molar-refractivity contribution is -0.0652. The van der Waals surface area contributed by atoms with Crippen LogP contribution in [0.3, 0.4) is 0 Å². The minimum Gasteiger partial charge on any atom is -0.465 e. The highest BCUT2D eigenvalue weighted by Crippen LogP contribution is 2.10. The molecule has 1 aromatic rings. The highest BCUT2D eigenvalue weighted by molar-refractivity contribution is 5.89. The Labute approximate surface area is 107 Å². The van der Waals surface area contributed by atoms with Crippen LogP contribution in [0.15, 0.2) is 24.3 Å². The molecule has 1 heterocycles. The van der Waals surface area contributed by atoms with E-state index in [-0.39, 0.29) is 5.97 Å². The van der Waals surface area contributed by atoms with Crippen molar-refractivity contribution >= 4 is 5.97 Å². The maximum absolute atomic E-state index is 11.3. The highest BCUT2D eigenvalue weighted by atomic mass is 16.7. The number of methoxy groups -OCH3 is 1. The van der Waals surface area contributed by atoms with E-state index in [2.05, 4.69) is 4.74 Å². The summed E-state index contributed by atoms with van der Waals surface area (Å²) in [5, 5.41) is 1.96. The first-order chi connectivity index (χ1) is 8.79. The highest BCUT2D eigenvalue weighted by Gasteiger charge is 2.17. The molecule has 1 saturated heterocycles. The summed E-state index contributed by atoms with van der Waals surface area (Å²) < 4.78 is 4.66. The number of esters is 1. The van der Waals surface area contributed by atoms with Gasteiger partial charge in [-0.25, -0.2) is 4.79 Å². The standard InChI is InChI=1S/C14H19NO3/c1-17-14(16)13-7-5-12(6-8-13)4-2-3-11-18-15-9-10-15/h5-8H,2-4,9-11H2,1H3. The second-order valence-corrected chi connectivity index (χ2v) is 4.41. The van der Waals surface area contributed by atoms with E-state index in [9.17, 15) is 4.79 Å². The molecule has 0 radical (unpaired) electrons. The Morgan fingerprint density at radius 1 is 1.22 bits per heavy atom. The van der Waals surface area contributed by atoms with Gasteiger partial charge in [0.25, 0.3) is 0 Å². The van der Waals surface area contributed by atoms with Crippen molar-refractivity contribution in [3.05, 3.63) is 35.4 Å². The molecule has 1 fully saturated rings. The Balaban J connectivity index is 1.67. The van der Waals surface area contributed by atoms with Gasteiger partial charge in [0.1, 0.15) is 0 Å². The van der Waals surface area contributed by atoms with Gasteiger partial charge in [-0.2, -0.15) is 5.06 Å². The number of hydrogen-bond donors (Lipinski definition) is 0. The summed E-state index contributed by atoms with van der Waals surface area (Å²) in [6, 6.07) is 7.59. The average Bonchev–Trinajstić information content (AvgIpc) is 3.22. The van der Waals surface area contributed by atoms with Crippen molar-refractivity contribution < 1.29 is 14.4 Å². The number of unbranched alkanes of at least 4 members (excludes halogenated alkanes) is 1. The molecule has 0 N–H and O–H groups in total. The quantitative estimate of drug-likeness (QED) is 0.421. The van der Waals surface area contributed by atoms with Crippen LogP contribution < -0.4 is 0 Å². The van der Waals surface area contributed by atoms with Crippen LogP contribution >= 0.6 is 0 Å². The summed E-state index contributed by atoms with van der Waals surface area (Å²) in [6.45, 7) is 2.96. The van der Waals surface area contributed by atoms with Crippen LogP contribution in [0, 0.1) is 0 Å². The number of nitrogens with zero attached hydrogens (tertiary/aromatic N) is 1. The van der Waals surface area contributed by atoms with Crippen LogP contribution in [0.4, 0.5) is 0 Å². The van der Waals surface area contributed by atoms with Crippen LogP contribution in [0.1, 0.15) is 28.8 Å². The molecule has 0 amide bonds. The Bertz CT molecular complexity index is 385. The molecule has 0 aliphatic carbocycles. The molecule has 2 rings (SSSR count). The molecule has 0 saturated carbocycles. The summed E-state index contributed by atoms with van der Waals surface area (Å²) in [5.41, 5.74) is 1.85. The minimum absolute atomic E-state index is 0.284. The first-order valence-corrected chi connectivity index (χ1v) is 6.35. The fourth-order valence-corrected chi connectivity index (χ4v) is 1.72. The van der Waals surface area contributed by atoms with Gasteiger partial charge in [0.15, 0.2) is 0 Å². The van der Waals surface area contributed by atoms with E-state index in [1.807, 2.05) is 29.3 Å². The molecule has 1 aromatic carbocycles. The molecule has 98 valence electrons. The van der Waals surface area contributed by atoms with E-state index < -0.39 is 0 Å². The number of carbonyl (C=O) groups excluding carboxylic acids is 1. The van der Waals surface area contributed by atoms with Gasteiger partial charge < -0.3 is 4.74 Å². The predicted octanol–water partition coefficient (Wildman–Crippen LogP) is 2.04. The second-order valence-electron chi connectivity index (χ2n) is 4.41. The molecular weight excluding hydrogens is 230 g/mol. The molecule has 0 atom stereocenters. The van der Waals surface area contributed by atoms with Gasteiger partial charge >= 0.3 is 5.97 Å². The first-order valence-electron chi connectivity index (χ1n) is 6.35. The molecule has 1 aliphatic heterocycles. The van der Waals surface area contributed by atoms with Gasteiger partial charge in [0.2, 0.25) is 0 Å². The number of hydroxylamine groups is 2. The van der Waals surface area contributed by atoms with Crippen molar-refractivity contribution in [2.45, 2.75) is 19.3 Å². The van der Waals surface area contributed by atoms with Crippen LogP contribution in [-0.4, -0.2) is 37.8 Å². The topological polar surface area (TPSA) is 38.5 Å². The van der Waals surface area contributed by atoms with Crippen molar-refractivity contribution in [3.8, 4) is 0 Å². The van der Waals surface area contributed by atoms with Crippen molar-refractivity contribution in [3.63, 3.8) is 0 Å². The lowest BCUT2D eigenvalue weighted by atomic mass is 10.1. The number of rotatable bonds is 7. The van der Waals surface area contributed by atoms with Crippen molar-refractivity contribution in [2.24, 2.45) is 0 Å². The van der Waals surface area contributed by atoms with Crippen molar-refractivity contribution in [2.75, 3.05) is 26.8 Å². The molecule has 18 heavy (non-hydrogen) atoms. The molecular formula is C14H19NO3.